The van der Waals surface area contributed by atoms with Gasteiger partial charge in [0.1, 0.15) is 0 Å². The van der Waals surface area contributed by atoms with Gasteiger partial charge in [-0.1, -0.05) is 0 Å². The van der Waals surface area contributed by atoms with Crippen molar-refractivity contribution >= 4 is 0 Å². The maximum Gasteiger partial charge on any atom is 0.255 e. The van der Waals surface area contributed by atoms with Crippen molar-refractivity contribution < 1.29 is 4.74 Å². The van der Waals surface area contributed by atoms with Crippen molar-refractivity contribution in [2.24, 2.45) is 5.73 Å². The first-order valence-electron chi connectivity index (χ1n) is 7.07. The van der Waals surface area contributed by atoms with Crippen LogP contribution in [0.5, 0.6) is 0 Å². The van der Waals surface area contributed by atoms with Crippen LogP contribution in [-0.4, -0.2) is 36.8 Å². The number of ether oxygens (including phenoxy) is 1. The zero-order chi connectivity index (χ0) is 14.9. The molecule has 0 amide bonds. The van der Waals surface area contributed by atoms with Gasteiger partial charge in [-0.25, -0.2) is 0 Å². The van der Waals surface area contributed by atoms with Crippen LogP contribution < -0.4 is 11.3 Å². The van der Waals surface area contributed by atoms with Crippen molar-refractivity contribution in [2.45, 2.75) is 38.9 Å². The molecule has 0 aromatic carbocycles. The molecule has 1 aliphatic rings. The van der Waals surface area contributed by atoms with Gasteiger partial charge in [0.25, 0.3) is 5.56 Å². The molecule has 0 unspecified atom stereocenters. The summed E-state index contributed by atoms with van der Waals surface area (Å²) in [5, 5.41) is 0. The smallest absolute Gasteiger partial charge is 0.255 e. The minimum Gasteiger partial charge on any atom is -0.383 e. The summed E-state index contributed by atoms with van der Waals surface area (Å²) in [6.07, 6.45) is 0.899. The molecular weight excluding hydrogens is 254 g/mol. The molecule has 0 saturated carbocycles. The van der Waals surface area contributed by atoms with Crippen molar-refractivity contribution in [3.8, 4) is 0 Å². The second-order valence-corrected chi connectivity index (χ2v) is 6.19. The number of pyridine rings is 1. The number of rotatable bonds is 4. The zero-order valence-electron chi connectivity index (χ0n) is 12.9. The van der Waals surface area contributed by atoms with Gasteiger partial charge in [0, 0.05) is 50.0 Å². The highest BCUT2D eigenvalue weighted by Crippen LogP contribution is 2.21. The largest absolute Gasteiger partial charge is 0.383 e. The van der Waals surface area contributed by atoms with E-state index in [9.17, 15) is 4.79 Å². The van der Waals surface area contributed by atoms with E-state index in [1.54, 1.807) is 7.11 Å². The number of likely N-dealkylation sites (N-methyl/N-ethyl adjacent to an activating group) is 1. The van der Waals surface area contributed by atoms with E-state index in [-0.39, 0.29) is 5.56 Å². The lowest BCUT2D eigenvalue weighted by Crippen LogP contribution is -2.42. The molecular formula is C15H25N3O2. The van der Waals surface area contributed by atoms with E-state index >= 15 is 0 Å². The summed E-state index contributed by atoms with van der Waals surface area (Å²) in [6, 6.07) is 2.00. The van der Waals surface area contributed by atoms with Crippen LogP contribution in [-0.2, 0) is 29.8 Å². The zero-order valence-corrected chi connectivity index (χ0v) is 12.9. The number of aromatic nitrogens is 1. The summed E-state index contributed by atoms with van der Waals surface area (Å²) in [5.74, 6) is 0. The lowest BCUT2D eigenvalue weighted by Gasteiger charge is -2.30. The first-order valence-corrected chi connectivity index (χ1v) is 7.07. The second kappa shape index (κ2) is 5.68. The van der Waals surface area contributed by atoms with E-state index in [4.69, 9.17) is 10.5 Å². The highest BCUT2D eigenvalue weighted by atomic mass is 16.5. The van der Waals surface area contributed by atoms with Gasteiger partial charge in [0.15, 0.2) is 0 Å². The number of nitrogens with two attached hydrogens (primary N) is 1. The number of hydrogen-bond acceptors (Lipinski definition) is 4. The Morgan fingerprint density at radius 2 is 2.15 bits per heavy atom. The SMILES string of the molecule is COCCn1c2c(cc(C(C)(C)N)c1=O)CN(C)CC2. The third kappa shape index (κ3) is 2.95. The van der Waals surface area contributed by atoms with Crippen LogP contribution in [0.1, 0.15) is 30.7 Å². The molecule has 5 nitrogen and oxygen atoms in total. The monoisotopic (exact) mass is 279 g/mol. The van der Waals surface area contributed by atoms with Crippen molar-refractivity contribution in [3.63, 3.8) is 0 Å². The van der Waals surface area contributed by atoms with Gasteiger partial charge in [0.2, 0.25) is 0 Å². The highest BCUT2D eigenvalue weighted by Gasteiger charge is 2.25. The molecule has 1 aliphatic heterocycles. The third-order valence-electron chi connectivity index (χ3n) is 3.87. The van der Waals surface area contributed by atoms with Crippen LogP contribution in [0.3, 0.4) is 0 Å². The van der Waals surface area contributed by atoms with E-state index in [1.165, 1.54) is 5.56 Å². The van der Waals surface area contributed by atoms with Gasteiger partial charge in [-0.15, -0.1) is 0 Å². The Morgan fingerprint density at radius 3 is 2.75 bits per heavy atom. The molecule has 0 spiro atoms. The van der Waals surface area contributed by atoms with Crippen LogP contribution >= 0.6 is 0 Å². The van der Waals surface area contributed by atoms with E-state index in [0.717, 1.165) is 25.2 Å². The molecule has 2 N–H and O–H groups in total. The minimum atomic E-state index is -0.628. The Kier molecular flexibility index (Phi) is 4.32. The molecule has 0 aliphatic carbocycles. The maximum atomic E-state index is 12.7. The van der Waals surface area contributed by atoms with Crippen LogP contribution in [0, 0.1) is 0 Å². The highest BCUT2D eigenvalue weighted by molar-refractivity contribution is 5.32. The van der Waals surface area contributed by atoms with Gasteiger partial charge < -0.3 is 19.9 Å². The Bertz CT molecular complexity index is 543. The van der Waals surface area contributed by atoms with E-state index < -0.39 is 5.54 Å². The molecule has 112 valence electrons. The molecule has 1 aromatic rings. The summed E-state index contributed by atoms with van der Waals surface area (Å²) >= 11 is 0. The lowest BCUT2D eigenvalue weighted by molar-refractivity contribution is 0.183. The van der Waals surface area contributed by atoms with Gasteiger partial charge in [0.05, 0.1) is 6.61 Å². The van der Waals surface area contributed by atoms with Crippen LogP contribution in [0.25, 0.3) is 0 Å². The first-order chi connectivity index (χ1) is 9.34. The number of methoxy groups -OCH3 is 1. The number of fused-ring (bicyclic) bond motifs is 1. The van der Waals surface area contributed by atoms with Gasteiger partial charge in [-0.05, 0) is 32.5 Å². The van der Waals surface area contributed by atoms with Crippen molar-refractivity contribution in [1.29, 1.82) is 0 Å². The fraction of sp³-hybridized carbons (Fsp3) is 0.667. The predicted molar refractivity (Wildman–Crippen MR) is 79.8 cm³/mol. The standard InChI is InChI=1S/C15H25N3O2/c1-15(2,16)12-9-11-10-17(3)6-5-13(11)18(14(12)19)7-8-20-4/h9H,5-8,10,16H2,1-4H3. The summed E-state index contributed by atoms with van der Waals surface area (Å²) in [6.45, 7) is 6.73. The van der Waals surface area contributed by atoms with Gasteiger partial charge in [-0.3, -0.25) is 4.79 Å². The third-order valence-corrected chi connectivity index (χ3v) is 3.87. The van der Waals surface area contributed by atoms with Gasteiger partial charge >= 0.3 is 0 Å². The summed E-state index contributed by atoms with van der Waals surface area (Å²) < 4.78 is 6.99. The van der Waals surface area contributed by atoms with Crippen molar-refractivity contribution in [1.82, 2.24) is 9.47 Å². The van der Waals surface area contributed by atoms with Crippen molar-refractivity contribution in [3.05, 3.63) is 33.2 Å². The summed E-state index contributed by atoms with van der Waals surface area (Å²) in [4.78, 5) is 15.0. The fourth-order valence-electron chi connectivity index (χ4n) is 2.74. The van der Waals surface area contributed by atoms with Gasteiger partial charge in [-0.2, -0.15) is 0 Å². The molecule has 2 heterocycles. The molecule has 0 bridgehead atoms. The molecule has 2 rings (SSSR count). The average Bonchev–Trinajstić information content (AvgIpc) is 2.36. The Balaban J connectivity index is 2.58. The quantitative estimate of drug-likeness (QED) is 0.880. The molecule has 5 heteroatoms. The topological polar surface area (TPSA) is 60.5 Å². The van der Waals surface area contributed by atoms with Crippen molar-refractivity contribution in [2.75, 3.05) is 27.3 Å². The Hall–Kier alpha value is -1.17. The Morgan fingerprint density at radius 1 is 1.45 bits per heavy atom. The second-order valence-electron chi connectivity index (χ2n) is 6.19. The molecule has 0 radical (unpaired) electrons. The van der Waals surface area contributed by atoms with Crippen LogP contribution in [0.2, 0.25) is 0 Å². The number of hydrogen-bond donors (Lipinski definition) is 1. The van der Waals surface area contributed by atoms with Crippen LogP contribution in [0.4, 0.5) is 0 Å². The fourth-order valence-corrected chi connectivity index (χ4v) is 2.74. The Labute approximate surface area is 120 Å². The van der Waals surface area contributed by atoms with E-state index in [1.807, 2.05) is 24.5 Å². The normalized spacial score (nSPS) is 16.2. The molecule has 1 aromatic heterocycles. The maximum absolute atomic E-state index is 12.7. The minimum absolute atomic E-state index is 0.0258. The van der Waals surface area contributed by atoms with E-state index in [2.05, 4.69) is 11.9 Å². The summed E-state index contributed by atoms with van der Waals surface area (Å²) in [5.41, 5.74) is 8.59. The molecule has 0 saturated heterocycles. The summed E-state index contributed by atoms with van der Waals surface area (Å²) in [7, 11) is 3.75. The first kappa shape index (κ1) is 15.2. The molecule has 20 heavy (non-hydrogen) atoms. The predicted octanol–water partition coefficient (Wildman–Crippen LogP) is 0.676. The number of nitrogens with zero attached hydrogens (tertiary/aromatic N) is 2. The van der Waals surface area contributed by atoms with E-state index in [0.29, 0.717) is 18.7 Å². The lowest BCUT2D eigenvalue weighted by atomic mass is 9.93. The molecule has 0 fully saturated rings. The van der Waals surface area contributed by atoms with Crippen LogP contribution in [0.15, 0.2) is 10.9 Å². The average molecular weight is 279 g/mol. The molecule has 0 atom stereocenters.